The zero-order chi connectivity index (χ0) is 35.1. The second-order valence-electron chi connectivity index (χ2n) is 12.3. The van der Waals surface area contributed by atoms with E-state index < -0.39 is 54.4 Å². The van der Waals surface area contributed by atoms with Crippen LogP contribution in [0.3, 0.4) is 0 Å². The number of carbonyl (C=O) groups is 3. The SMILES string of the molecule is CCCCCCCC(F)(F)CCCCCCC=C[C@H](C(=O)N[C@@H](Cc1ccc(OCCCC)cc1)C(=O)NC)[C@@](O)(CCF)C(=O)O. The summed E-state index contributed by atoms with van der Waals surface area (Å²) in [5.74, 6) is -6.92. The third-order valence-electron chi connectivity index (χ3n) is 8.29. The van der Waals surface area contributed by atoms with E-state index in [1.807, 2.05) is 0 Å². The molecule has 0 fully saturated rings. The Balaban J connectivity index is 2.83. The van der Waals surface area contributed by atoms with Gasteiger partial charge in [-0.05, 0) is 49.8 Å². The molecular formula is C36H57F3N2O6. The van der Waals surface area contributed by atoms with Crippen molar-refractivity contribution in [2.24, 2.45) is 5.92 Å². The number of nitrogens with one attached hydrogen (secondary N) is 2. The van der Waals surface area contributed by atoms with E-state index in [1.165, 1.54) is 19.2 Å². The molecule has 1 aromatic carbocycles. The van der Waals surface area contributed by atoms with Gasteiger partial charge in [0, 0.05) is 32.7 Å². The molecule has 8 nitrogen and oxygen atoms in total. The number of hydrogen-bond acceptors (Lipinski definition) is 5. The number of benzene rings is 1. The molecule has 4 N–H and O–H groups in total. The first-order chi connectivity index (χ1) is 22.4. The average molecular weight is 671 g/mol. The number of unbranched alkanes of at least 4 members (excludes halogenated alkanes) is 9. The largest absolute Gasteiger partial charge is 0.494 e. The molecule has 47 heavy (non-hydrogen) atoms. The molecule has 0 aliphatic carbocycles. The fourth-order valence-corrected chi connectivity index (χ4v) is 5.28. The molecule has 268 valence electrons. The summed E-state index contributed by atoms with van der Waals surface area (Å²) in [5, 5.41) is 25.8. The van der Waals surface area contributed by atoms with Gasteiger partial charge in [0.05, 0.1) is 19.2 Å². The number of likely N-dealkylation sites (N-methyl/N-ethyl adjacent to an activating group) is 1. The molecule has 0 aromatic heterocycles. The molecule has 2 amide bonds. The molecule has 0 aliphatic heterocycles. The van der Waals surface area contributed by atoms with E-state index in [0.29, 0.717) is 56.4 Å². The number of rotatable bonds is 27. The van der Waals surface area contributed by atoms with Crippen molar-refractivity contribution in [1.29, 1.82) is 0 Å². The van der Waals surface area contributed by atoms with Gasteiger partial charge in [-0.1, -0.05) is 83.1 Å². The second-order valence-corrected chi connectivity index (χ2v) is 12.3. The van der Waals surface area contributed by atoms with Gasteiger partial charge in [-0.15, -0.1) is 0 Å². The number of carbonyl (C=O) groups excluding carboxylic acids is 2. The van der Waals surface area contributed by atoms with E-state index >= 15 is 0 Å². The van der Waals surface area contributed by atoms with Crippen LogP contribution >= 0.6 is 0 Å². The van der Waals surface area contributed by atoms with Crippen molar-refractivity contribution in [3.05, 3.63) is 42.0 Å². The van der Waals surface area contributed by atoms with Crippen LogP contribution in [0, 0.1) is 5.92 Å². The summed E-state index contributed by atoms with van der Waals surface area (Å²) in [6.45, 7) is 3.53. The van der Waals surface area contributed by atoms with Crippen molar-refractivity contribution in [3.8, 4) is 5.75 Å². The summed E-state index contributed by atoms with van der Waals surface area (Å²) in [6.07, 6.45) is 10.8. The van der Waals surface area contributed by atoms with Gasteiger partial charge in [0.2, 0.25) is 17.7 Å². The first-order valence-electron chi connectivity index (χ1n) is 17.2. The maximum absolute atomic E-state index is 14.1. The molecule has 0 radical (unpaired) electrons. The van der Waals surface area contributed by atoms with Gasteiger partial charge in [0.1, 0.15) is 11.8 Å². The van der Waals surface area contributed by atoms with Crippen molar-refractivity contribution < 1.29 is 42.5 Å². The van der Waals surface area contributed by atoms with Crippen LogP contribution in [-0.4, -0.2) is 65.9 Å². The number of amides is 2. The van der Waals surface area contributed by atoms with Gasteiger partial charge >= 0.3 is 5.97 Å². The number of allylic oxidation sites excluding steroid dienone is 1. The molecule has 0 aliphatic rings. The summed E-state index contributed by atoms with van der Waals surface area (Å²) in [5.41, 5.74) is -2.04. The third kappa shape index (κ3) is 16.5. The number of aliphatic carboxylic acids is 1. The minimum Gasteiger partial charge on any atom is -0.494 e. The molecule has 0 unspecified atom stereocenters. The molecule has 11 heteroatoms. The van der Waals surface area contributed by atoms with Gasteiger partial charge in [0.15, 0.2) is 5.60 Å². The molecular weight excluding hydrogens is 613 g/mol. The van der Waals surface area contributed by atoms with Crippen LogP contribution in [0.4, 0.5) is 13.2 Å². The average Bonchev–Trinajstić information content (AvgIpc) is 3.04. The summed E-state index contributed by atoms with van der Waals surface area (Å²) < 4.78 is 47.3. The van der Waals surface area contributed by atoms with Gasteiger partial charge in [-0.25, -0.2) is 13.6 Å². The van der Waals surface area contributed by atoms with E-state index in [-0.39, 0.29) is 19.3 Å². The van der Waals surface area contributed by atoms with Gasteiger partial charge in [-0.3, -0.25) is 14.0 Å². The fraction of sp³-hybridized carbons (Fsp3) is 0.694. The van der Waals surface area contributed by atoms with Gasteiger partial charge < -0.3 is 25.6 Å². The van der Waals surface area contributed by atoms with Crippen LogP contribution in [0.5, 0.6) is 5.75 Å². The highest BCUT2D eigenvalue weighted by molar-refractivity contribution is 5.93. The number of alkyl halides is 3. The van der Waals surface area contributed by atoms with Gasteiger partial charge in [-0.2, -0.15) is 0 Å². The molecule has 0 saturated carbocycles. The summed E-state index contributed by atoms with van der Waals surface area (Å²) in [4.78, 5) is 38.2. The lowest BCUT2D eigenvalue weighted by Gasteiger charge is -2.30. The first kappa shape index (κ1) is 41.9. The monoisotopic (exact) mass is 670 g/mol. The Morgan fingerprint density at radius 2 is 1.47 bits per heavy atom. The van der Waals surface area contributed by atoms with E-state index in [2.05, 4.69) is 24.5 Å². The Kier molecular flexibility index (Phi) is 20.8. The van der Waals surface area contributed by atoms with E-state index in [9.17, 15) is 37.8 Å². The van der Waals surface area contributed by atoms with Crippen LogP contribution in [0.25, 0.3) is 0 Å². The minimum absolute atomic E-state index is 0.0730. The highest BCUT2D eigenvalue weighted by Crippen LogP contribution is 2.29. The van der Waals surface area contributed by atoms with E-state index in [4.69, 9.17) is 4.74 Å². The Morgan fingerprint density at radius 1 is 0.872 bits per heavy atom. The second kappa shape index (κ2) is 23.3. The first-order valence-corrected chi connectivity index (χ1v) is 17.2. The number of halogens is 3. The maximum Gasteiger partial charge on any atom is 0.336 e. The van der Waals surface area contributed by atoms with E-state index in [1.54, 1.807) is 24.3 Å². The lowest BCUT2D eigenvalue weighted by Crippen LogP contribution is -2.56. The van der Waals surface area contributed by atoms with Crippen molar-refractivity contribution in [3.63, 3.8) is 0 Å². The minimum atomic E-state index is -2.75. The number of carboxylic acids is 1. The Morgan fingerprint density at radius 3 is 2.02 bits per heavy atom. The zero-order valence-electron chi connectivity index (χ0n) is 28.5. The molecule has 3 atom stereocenters. The highest BCUT2D eigenvalue weighted by Gasteiger charge is 2.47. The van der Waals surface area contributed by atoms with E-state index in [0.717, 1.165) is 38.5 Å². The van der Waals surface area contributed by atoms with Crippen molar-refractivity contribution in [1.82, 2.24) is 10.6 Å². The summed E-state index contributed by atoms with van der Waals surface area (Å²) in [7, 11) is 1.40. The predicted molar refractivity (Wildman–Crippen MR) is 178 cm³/mol. The Labute approximate surface area is 278 Å². The van der Waals surface area contributed by atoms with Gasteiger partial charge in [0.25, 0.3) is 0 Å². The van der Waals surface area contributed by atoms with Crippen molar-refractivity contribution >= 4 is 17.8 Å². The van der Waals surface area contributed by atoms with Crippen LogP contribution < -0.4 is 15.4 Å². The molecule has 0 bridgehead atoms. The molecule has 0 heterocycles. The zero-order valence-corrected chi connectivity index (χ0v) is 28.5. The number of ether oxygens (including phenoxy) is 1. The van der Waals surface area contributed by atoms with Crippen LogP contribution in [0.15, 0.2) is 36.4 Å². The highest BCUT2D eigenvalue weighted by atomic mass is 19.3. The summed E-state index contributed by atoms with van der Waals surface area (Å²) >= 11 is 0. The third-order valence-corrected chi connectivity index (χ3v) is 8.29. The number of carboxylic acid groups (broad SMARTS) is 1. The van der Waals surface area contributed by atoms with Crippen LogP contribution in [0.2, 0.25) is 0 Å². The fourth-order valence-electron chi connectivity index (χ4n) is 5.28. The Hall–Kier alpha value is -3.08. The maximum atomic E-state index is 14.1. The summed E-state index contributed by atoms with van der Waals surface area (Å²) in [6, 6.07) is 5.92. The quantitative estimate of drug-likeness (QED) is 0.0574. The standard InChI is InChI=1S/C36H57F3N2O6/c1-4-6-8-12-15-22-35(38,39)23-16-13-10-9-11-14-17-30(36(46,24-25-37)34(44)45)32(42)41-31(33(43)40-3)27-28-18-20-29(21-19-28)47-26-7-5-2/h14,17-21,30-31,46H,4-13,15-16,22-27H2,1-3H3,(H,40,43)(H,41,42)(H,44,45)/t30-,31+,36+/m1/s1. The molecule has 1 rings (SSSR count). The topological polar surface area (TPSA) is 125 Å². The Bertz CT molecular complexity index is 1070. The van der Waals surface area contributed by atoms with Crippen LogP contribution in [-0.2, 0) is 20.8 Å². The smallest absolute Gasteiger partial charge is 0.336 e. The molecule has 0 spiro atoms. The molecule has 0 saturated heterocycles. The number of aliphatic hydroxyl groups is 1. The lowest BCUT2D eigenvalue weighted by atomic mass is 9.83. The lowest BCUT2D eigenvalue weighted by molar-refractivity contribution is -0.167. The van der Waals surface area contributed by atoms with Crippen molar-refractivity contribution in [2.45, 2.75) is 134 Å². The predicted octanol–water partition coefficient (Wildman–Crippen LogP) is 7.32. The van der Waals surface area contributed by atoms with Crippen LogP contribution in [0.1, 0.15) is 116 Å². The van der Waals surface area contributed by atoms with Crippen molar-refractivity contribution in [2.75, 3.05) is 20.3 Å². The normalized spacial score (nSPS) is 14.4. The number of hydrogen-bond donors (Lipinski definition) is 4. The molecule has 1 aromatic rings.